The minimum absolute atomic E-state index is 0. The summed E-state index contributed by atoms with van der Waals surface area (Å²) in [7, 11) is -4.11. The van der Waals surface area contributed by atoms with Crippen molar-refractivity contribution in [2.45, 2.75) is 86.5 Å². The molecule has 23 aromatic rings. The van der Waals surface area contributed by atoms with Crippen molar-refractivity contribution in [3.05, 3.63) is 466 Å². The van der Waals surface area contributed by atoms with E-state index in [0.29, 0.717) is 0 Å². The summed E-state index contributed by atoms with van der Waals surface area (Å²) in [6, 6.07) is 149. The van der Waals surface area contributed by atoms with Crippen LogP contribution in [-0.2, 0) is 60.3 Å². The van der Waals surface area contributed by atoms with Crippen molar-refractivity contribution >= 4 is 137 Å². The molecule has 12 heteroatoms. The van der Waals surface area contributed by atoms with Gasteiger partial charge in [-0.25, -0.2) is 0 Å². The van der Waals surface area contributed by atoms with Gasteiger partial charge in [0.25, 0.3) is 0 Å². The maximum atomic E-state index is 7.23. The number of hydrogen-bond donors (Lipinski definition) is 0. The van der Waals surface area contributed by atoms with Crippen LogP contribution in [0.25, 0.3) is 187 Å². The molecule has 0 N–H and O–H groups in total. The SMILES string of the molecule is C[Si](C)(C)c1ccc(-c2[c-]cc3c4ccc(-c5ccc(-c6ccccc6)cc5)cc4c4ccccc4c3c2)nc1.C[Si](C)(C)c1ccc(-c2[c-]cc3c4ccccc4c4ccccc4c3c2)nc1.Cc1cc(-c2[c-]cc3c4ccccc4c4ccccc4c3c2)ncc1[Si](C)(C)C.Cc1cc[c-]c(-c2ccccn2)c1.Cc1cc[c-]c(-c2ccccn2)c1.[2H]C([2H])([2H])c1ccc(-c2[c-]cccc2)nc1.[Ir].[Ir].[Ir]. The van der Waals surface area contributed by atoms with Crippen LogP contribution < -0.4 is 15.6 Å². The van der Waals surface area contributed by atoms with Gasteiger partial charge in [0.2, 0.25) is 0 Å². The zero-order chi connectivity index (χ0) is 96.5. The minimum Gasteiger partial charge on any atom is -0.305 e. The van der Waals surface area contributed by atoms with Crippen LogP contribution in [0.1, 0.15) is 26.4 Å². The molecule has 689 valence electrons. The van der Waals surface area contributed by atoms with Gasteiger partial charge in [0.1, 0.15) is 0 Å². The summed E-state index contributed by atoms with van der Waals surface area (Å²) < 4.78 is 21.7. The molecule has 139 heavy (non-hydrogen) atoms. The molecule has 0 atom stereocenters. The second kappa shape index (κ2) is 44.6. The summed E-state index contributed by atoms with van der Waals surface area (Å²) in [5.41, 5.74) is 20.8. The van der Waals surface area contributed by atoms with E-state index in [1.165, 1.54) is 158 Å². The van der Waals surface area contributed by atoms with E-state index in [9.17, 15) is 0 Å². The van der Waals surface area contributed by atoms with Crippen molar-refractivity contribution in [3.63, 3.8) is 0 Å². The largest absolute Gasteiger partial charge is 0.305 e. The van der Waals surface area contributed by atoms with E-state index in [2.05, 4.69) is 423 Å². The second-order valence-corrected chi connectivity index (χ2v) is 52.8. The number of hydrogen-bond acceptors (Lipinski definition) is 6. The van der Waals surface area contributed by atoms with Crippen molar-refractivity contribution in [2.75, 3.05) is 0 Å². The monoisotopic (exact) mass is 2380 g/mol. The summed E-state index contributed by atoms with van der Waals surface area (Å²) in [5.74, 6) is 0. The van der Waals surface area contributed by atoms with Crippen molar-refractivity contribution in [2.24, 2.45) is 0 Å². The normalized spacial score (nSPS) is 11.6. The fraction of sp³-hybridized carbons (Fsp3) is 0.102. The number of benzene rings is 17. The molecule has 0 saturated carbocycles. The van der Waals surface area contributed by atoms with Crippen LogP contribution in [0.2, 0.25) is 58.9 Å². The Labute approximate surface area is 865 Å². The third-order valence-electron chi connectivity index (χ3n) is 25.0. The van der Waals surface area contributed by atoms with Gasteiger partial charge in [-0.3, -0.25) is 0 Å². The Balaban J connectivity index is 0.000000134. The van der Waals surface area contributed by atoms with E-state index in [4.69, 9.17) is 19.1 Å². The summed E-state index contributed by atoms with van der Waals surface area (Å²) in [6.07, 6.45) is 11.2. The van der Waals surface area contributed by atoms with Gasteiger partial charge < -0.3 is 29.9 Å². The topological polar surface area (TPSA) is 77.3 Å². The Kier molecular flexibility index (Phi) is 30.7. The van der Waals surface area contributed by atoms with Crippen LogP contribution in [-0.4, -0.2) is 54.1 Å². The smallest absolute Gasteiger partial charge is 0.0798 e. The average Bonchev–Trinajstić information content (AvgIpc) is 0.744. The molecule has 0 aliphatic rings. The Hall–Kier alpha value is -13.4. The van der Waals surface area contributed by atoms with Crippen molar-refractivity contribution in [3.8, 4) is 89.8 Å². The quantitative estimate of drug-likeness (QED) is 0.0729. The Bertz CT molecular complexity index is 8190. The first kappa shape index (κ1) is 95.9. The van der Waals surface area contributed by atoms with Crippen LogP contribution in [0.4, 0.5) is 0 Å². The van der Waals surface area contributed by atoms with Crippen LogP contribution in [0.15, 0.2) is 407 Å². The van der Waals surface area contributed by atoms with Crippen molar-refractivity contribution in [1.82, 2.24) is 29.9 Å². The first-order valence-electron chi connectivity index (χ1n) is 47.8. The molecule has 6 aromatic heterocycles. The average molecular weight is 2380 g/mol. The third-order valence-corrected chi connectivity index (χ3v) is 31.2. The summed E-state index contributed by atoms with van der Waals surface area (Å²) in [6.45, 7) is 25.5. The fourth-order valence-corrected chi connectivity index (χ4v) is 21.6. The van der Waals surface area contributed by atoms with Gasteiger partial charge in [-0.2, -0.15) is 0 Å². The zero-order valence-corrected chi connectivity index (χ0v) is 90.1. The fourth-order valence-electron chi connectivity index (χ4n) is 17.8. The van der Waals surface area contributed by atoms with Gasteiger partial charge in [0.15, 0.2) is 0 Å². The summed E-state index contributed by atoms with van der Waals surface area (Å²) in [5, 5.41) is 27.0. The standard InChI is InChI=1S/C38H30NSi.C27H24NSi.C26H22NSi.3C12H10N.3Ir/c1-40(2,3)31-19-22-38(39-25-31)30-18-21-35-34-20-17-29(23-36(34)32-11-7-8-12-33(32)37(35)24-30)28-15-13-27(14-16-28)26-9-5-4-6-10-26;1-18-15-26(28-17-27(18)29(2,3)4)19-13-14-24-22-11-6-5-9-20(22)21-10-7-8-12-23(21)25(24)16-19;1-28(2,3)19-13-15-26(27-17-19)18-12-14-24-22-10-5-4-8-20(22)21-9-6-7-11-23(21)25(24)16-18;2*1-10-5-4-6-11(9-10)12-7-2-3-8-13-12;1-10-7-8-12(13-9-10)11-5-3-2-4-6-11;;;/h4-17,19-25H,1-3H3;5-12,14-17H,1-4H3;4-11,13-17H,1-3H3;3*2-5,7-9H,1H3;;;/q6*-1;;;/i;;;;;1D3;;;. The molecule has 0 fully saturated rings. The van der Waals surface area contributed by atoms with Gasteiger partial charge in [-0.05, 0) is 158 Å². The molecule has 3 radical (unpaired) electrons. The van der Waals surface area contributed by atoms with Crippen LogP contribution in [0.3, 0.4) is 0 Å². The second-order valence-electron chi connectivity index (χ2n) is 37.7. The Morgan fingerprint density at radius 2 is 0.547 bits per heavy atom. The molecule has 6 heterocycles. The van der Waals surface area contributed by atoms with Gasteiger partial charge in [-0.15, -0.1) is 178 Å². The Morgan fingerprint density at radius 1 is 0.216 bits per heavy atom. The molecule has 6 nitrogen and oxygen atoms in total. The predicted molar refractivity (Wildman–Crippen MR) is 587 cm³/mol. The van der Waals surface area contributed by atoms with E-state index < -0.39 is 31.1 Å². The van der Waals surface area contributed by atoms with E-state index in [-0.39, 0.29) is 65.9 Å². The number of aromatic nitrogens is 6. The predicted octanol–water partition coefficient (Wildman–Crippen LogP) is 31.9. The first-order chi connectivity index (χ1) is 67.2. The van der Waals surface area contributed by atoms with Gasteiger partial charge >= 0.3 is 0 Å². The molecule has 17 aromatic carbocycles. The van der Waals surface area contributed by atoms with Gasteiger partial charge in [0, 0.05) is 102 Å². The van der Waals surface area contributed by atoms with E-state index >= 15 is 0 Å². The maximum Gasteiger partial charge on any atom is 0.0798 e. The molecule has 0 aliphatic carbocycles. The molecule has 0 amide bonds. The molecular weight excluding hydrogens is 2270 g/mol. The van der Waals surface area contributed by atoms with Crippen molar-refractivity contribution in [1.29, 1.82) is 0 Å². The minimum atomic E-state index is -2.09. The van der Waals surface area contributed by atoms with E-state index in [1.807, 2.05) is 78.9 Å². The van der Waals surface area contributed by atoms with Crippen LogP contribution >= 0.6 is 0 Å². The van der Waals surface area contributed by atoms with Gasteiger partial charge in [-0.1, -0.05) is 382 Å². The number of aryl methyl sites for hydroxylation is 4. The first-order valence-corrected chi connectivity index (χ1v) is 56.8. The number of rotatable bonds is 11. The molecule has 23 rings (SSSR count). The third kappa shape index (κ3) is 23.1. The number of nitrogens with zero attached hydrogens (tertiary/aromatic N) is 6. The molecule has 0 spiro atoms. The number of fused-ring (bicyclic) bond motifs is 18. The zero-order valence-electron chi connectivity index (χ0n) is 82.9. The molecule has 0 saturated heterocycles. The van der Waals surface area contributed by atoms with Crippen molar-refractivity contribution < 1.29 is 64.4 Å². The molecule has 0 unspecified atom stereocenters. The summed E-state index contributed by atoms with van der Waals surface area (Å²) >= 11 is 0. The number of pyridine rings is 6. The Morgan fingerprint density at radius 3 is 0.914 bits per heavy atom. The molecular formula is C127H106Ir3N6Si3-6. The molecule has 0 bridgehead atoms. The molecule has 0 aliphatic heterocycles. The van der Waals surface area contributed by atoms with Crippen LogP contribution in [0, 0.1) is 64.0 Å². The van der Waals surface area contributed by atoms with Gasteiger partial charge in [0.05, 0.1) is 24.2 Å². The van der Waals surface area contributed by atoms with E-state index in [0.717, 1.165) is 67.5 Å². The van der Waals surface area contributed by atoms with E-state index in [1.54, 1.807) is 30.6 Å². The maximum absolute atomic E-state index is 7.23. The van der Waals surface area contributed by atoms with Crippen LogP contribution in [0.5, 0.6) is 0 Å². The summed E-state index contributed by atoms with van der Waals surface area (Å²) in [4.78, 5) is 27.1.